The SMILES string of the molecule is Cc1c(-c2ccc(C(F)(F)F)cc2)c(OC(=O)N(C)CCS(C)(=O)=O)n(Cc2ccccc2)c1C(F)(F)F. The van der Waals surface area contributed by atoms with Crippen LogP contribution in [0.25, 0.3) is 11.1 Å². The largest absolute Gasteiger partial charge is 0.431 e. The highest BCUT2D eigenvalue weighted by Gasteiger charge is 2.41. The van der Waals surface area contributed by atoms with Crippen LogP contribution in [0.5, 0.6) is 5.88 Å². The average Bonchev–Trinajstić information content (AvgIpc) is 3.07. The number of sulfone groups is 1. The molecular weight excluding hydrogens is 538 g/mol. The van der Waals surface area contributed by atoms with Gasteiger partial charge in [-0.05, 0) is 35.7 Å². The topological polar surface area (TPSA) is 68.6 Å². The molecule has 2 aromatic carbocycles. The molecule has 0 aliphatic carbocycles. The summed E-state index contributed by atoms with van der Waals surface area (Å²) in [5, 5.41) is 0. The molecule has 3 rings (SSSR count). The van der Waals surface area contributed by atoms with Crippen LogP contribution in [-0.4, -0.2) is 49.6 Å². The van der Waals surface area contributed by atoms with Crippen molar-refractivity contribution in [3.8, 4) is 17.0 Å². The van der Waals surface area contributed by atoms with Crippen LogP contribution < -0.4 is 4.74 Å². The van der Waals surface area contributed by atoms with Crippen molar-refractivity contribution >= 4 is 15.9 Å². The van der Waals surface area contributed by atoms with Crippen molar-refractivity contribution in [2.45, 2.75) is 25.8 Å². The van der Waals surface area contributed by atoms with Gasteiger partial charge in [-0.25, -0.2) is 13.2 Å². The first kappa shape index (κ1) is 29.1. The molecule has 0 aliphatic heterocycles. The van der Waals surface area contributed by atoms with E-state index in [1.54, 1.807) is 30.3 Å². The Labute approximate surface area is 215 Å². The Balaban J connectivity index is 2.20. The fourth-order valence-corrected chi connectivity index (χ4v) is 4.43. The predicted octanol–water partition coefficient (Wildman–Crippen LogP) is 6.02. The maximum Gasteiger partial charge on any atom is 0.431 e. The van der Waals surface area contributed by atoms with Gasteiger partial charge in [0.1, 0.15) is 15.5 Å². The van der Waals surface area contributed by atoms with Crippen LogP contribution in [0.3, 0.4) is 0 Å². The summed E-state index contributed by atoms with van der Waals surface area (Å²) < 4.78 is 111. The van der Waals surface area contributed by atoms with Gasteiger partial charge in [-0.3, -0.25) is 0 Å². The summed E-state index contributed by atoms with van der Waals surface area (Å²) in [6, 6.07) is 11.5. The van der Waals surface area contributed by atoms with Gasteiger partial charge in [0.05, 0.1) is 17.9 Å². The normalized spacial score (nSPS) is 12.4. The van der Waals surface area contributed by atoms with Gasteiger partial charge in [0.2, 0.25) is 5.88 Å². The molecule has 0 aliphatic rings. The van der Waals surface area contributed by atoms with Gasteiger partial charge >= 0.3 is 18.4 Å². The van der Waals surface area contributed by atoms with Gasteiger partial charge in [0, 0.05) is 25.4 Å². The molecule has 1 aromatic heterocycles. The van der Waals surface area contributed by atoms with Crippen LogP contribution in [-0.2, 0) is 28.7 Å². The van der Waals surface area contributed by atoms with Crippen molar-refractivity contribution in [3.05, 3.63) is 77.0 Å². The standard InChI is InChI=1S/C25H24F6N2O4S/c1-16-20(18-9-11-19(12-10-18)24(26,27)28)22(37-23(34)32(2)13-14-38(3,35)36)33(21(16)25(29,30)31)15-17-7-5-4-6-8-17/h4-12H,13-15H2,1-3H3. The van der Waals surface area contributed by atoms with E-state index < -0.39 is 51.2 Å². The Hall–Kier alpha value is -3.48. The van der Waals surface area contributed by atoms with Crippen molar-refractivity contribution < 1.29 is 44.3 Å². The number of benzene rings is 2. The highest BCUT2D eigenvalue weighted by Crippen LogP contribution is 2.45. The lowest BCUT2D eigenvalue weighted by Crippen LogP contribution is -2.34. The zero-order valence-corrected chi connectivity index (χ0v) is 21.3. The van der Waals surface area contributed by atoms with Gasteiger partial charge in [-0.2, -0.15) is 26.3 Å². The number of halogens is 6. The monoisotopic (exact) mass is 562 g/mol. The van der Waals surface area contributed by atoms with E-state index in [9.17, 15) is 39.6 Å². The van der Waals surface area contributed by atoms with E-state index >= 15 is 0 Å². The lowest BCUT2D eigenvalue weighted by Gasteiger charge is -2.19. The molecule has 0 spiro atoms. The lowest BCUT2D eigenvalue weighted by atomic mass is 10.0. The van der Waals surface area contributed by atoms with Gasteiger partial charge < -0.3 is 14.2 Å². The number of carbonyl (C=O) groups is 1. The second-order valence-electron chi connectivity index (χ2n) is 8.72. The van der Waals surface area contributed by atoms with E-state index in [-0.39, 0.29) is 29.8 Å². The fourth-order valence-electron chi connectivity index (χ4n) is 3.83. The van der Waals surface area contributed by atoms with Crippen LogP contribution >= 0.6 is 0 Å². The number of nitrogens with zero attached hydrogens (tertiary/aromatic N) is 2. The number of hydrogen-bond donors (Lipinski definition) is 0. The van der Waals surface area contributed by atoms with Crippen LogP contribution in [0, 0.1) is 6.92 Å². The van der Waals surface area contributed by atoms with Gasteiger partial charge in [-0.1, -0.05) is 42.5 Å². The van der Waals surface area contributed by atoms with E-state index in [0.717, 1.165) is 46.9 Å². The molecule has 0 unspecified atom stereocenters. The third-order valence-electron chi connectivity index (χ3n) is 5.71. The highest BCUT2D eigenvalue weighted by molar-refractivity contribution is 7.90. The Bertz CT molecular complexity index is 1400. The van der Waals surface area contributed by atoms with Crippen LogP contribution in [0.1, 0.15) is 22.4 Å². The van der Waals surface area contributed by atoms with Crippen LogP contribution in [0.2, 0.25) is 0 Å². The molecule has 0 N–H and O–H groups in total. The number of alkyl halides is 6. The molecule has 3 aromatic rings. The number of aromatic nitrogens is 1. The van der Waals surface area contributed by atoms with Crippen molar-refractivity contribution in [2.75, 3.05) is 25.6 Å². The molecule has 1 amide bonds. The zero-order valence-electron chi connectivity index (χ0n) is 20.5. The highest BCUT2D eigenvalue weighted by atomic mass is 32.2. The second-order valence-corrected chi connectivity index (χ2v) is 11.0. The third kappa shape index (κ3) is 6.88. The summed E-state index contributed by atoms with van der Waals surface area (Å²) in [7, 11) is -2.24. The molecule has 0 fully saturated rings. The molecule has 0 bridgehead atoms. The summed E-state index contributed by atoms with van der Waals surface area (Å²) in [6.07, 6.45) is -9.75. The Morgan fingerprint density at radius 3 is 2.03 bits per heavy atom. The van der Waals surface area contributed by atoms with Gasteiger partial charge in [0.15, 0.2) is 0 Å². The van der Waals surface area contributed by atoms with Crippen LogP contribution in [0.4, 0.5) is 31.1 Å². The summed E-state index contributed by atoms with van der Waals surface area (Å²) in [5.41, 5.74) is -2.30. The Morgan fingerprint density at radius 2 is 1.53 bits per heavy atom. The molecule has 38 heavy (non-hydrogen) atoms. The van der Waals surface area contributed by atoms with E-state index in [0.29, 0.717) is 5.56 Å². The summed E-state index contributed by atoms with van der Waals surface area (Å²) >= 11 is 0. The molecule has 206 valence electrons. The number of ether oxygens (including phenoxy) is 1. The number of carbonyl (C=O) groups excluding carboxylic acids is 1. The molecule has 0 saturated heterocycles. The smallest absolute Gasteiger partial charge is 0.392 e. The van der Waals surface area contributed by atoms with Crippen LogP contribution in [0.15, 0.2) is 54.6 Å². The van der Waals surface area contributed by atoms with Crippen molar-refractivity contribution in [1.29, 1.82) is 0 Å². The summed E-state index contributed by atoms with van der Waals surface area (Å²) in [4.78, 5) is 13.7. The van der Waals surface area contributed by atoms with Crippen molar-refractivity contribution in [1.82, 2.24) is 9.47 Å². The molecular formula is C25H24F6N2O4S. The fraction of sp³-hybridized carbons (Fsp3) is 0.320. The number of rotatable bonds is 7. The maximum absolute atomic E-state index is 14.3. The van der Waals surface area contributed by atoms with E-state index in [4.69, 9.17) is 4.74 Å². The average molecular weight is 563 g/mol. The molecule has 0 radical (unpaired) electrons. The first-order valence-electron chi connectivity index (χ1n) is 11.1. The van der Waals surface area contributed by atoms with Gasteiger partial charge in [0.25, 0.3) is 0 Å². The first-order valence-corrected chi connectivity index (χ1v) is 13.2. The summed E-state index contributed by atoms with van der Waals surface area (Å²) in [5.74, 6) is -0.947. The minimum Gasteiger partial charge on any atom is -0.392 e. The molecule has 13 heteroatoms. The minimum absolute atomic E-state index is 0.0330. The minimum atomic E-state index is -4.91. The van der Waals surface area contributed by atoms with E-state index in [1.807, 2.05) is 0 Å². The van der Waals surface area contributed by atoms with Gasteiger partial charge in [-0.15, -0.1) is 0 Å². The number of amides is 1. The number of hydrogen-bond acceptors (Lipinski definition) is 4. The predicted molar refractivity (Wildman–Crippen MR) is 129 cm³/mol. The molecule has 0 saturated carbocycles. The van der Waals surface area contributed by atoms with E-state index in [2.05, 4.69) is 0 Å². The first-order chi connectivity index (χ1) is 17.5. The lowest BCUT2D eigenvalue weighted by molar-refractivity contribution is -0.144. The third-order valence-corrected chi connectivity index (χ3v) is 6.63. The van der Waals surface area contributed by atoms with Crippen molar-refractivity contribution in [2.24, 2.45) is 0 Å². The maximum atomic E-state index is 14.3. The quantitative estimate of drug-likeness (QED) is 0.330. The second kappa shape index (κ2) is 10.7. The van der Waals surface area contributed by atoms with E-state index in [1.165, 1.54) is 7.05 Å². The Kier molecular flexibility index (Phi) is 8.20. The molecule has 6 nitrogen and oxygen atoms in total. The summed E-state index contributed by atoms with van der Waals surface area (Å²) in [6.45, 7) is 0.479. The Morgan fingerprint density at radius 1 is 0.947 bits per heavy atom. The molecule has 1 heterocycles. The zero-order chi connectivity index (χ0) is 28.5. The van der Waals surface area contributed by atoms with Crippen molar-refractivity contribution in [3.63, 3.8) is 0 Å². The molecule has 0 atom stereocenters.